The summed E-state index contributed by atoms with van der Waals surface area (Å²) in [6, 6.07) is 3.81. The molecule has 0 amide bonds. The van der Waals surface area contributed by atoms with Crippen LogP contribution in [0.4, 0.5) is 4.39 Å². The molecule has 0 aliphatic rings. The highest BCUT2D eigenvalue weighted by Crippen LogP contribution is 2.18. The number of halogens is 2. The lowest BCUT2D eigenvalue weighted by atomic mass is 10.2. The molecule has 0 aromatic heterocycles. The van der Waals surface area contributed by atoms with Crippen LogP contribution < -0.4 is 4.74 Å². The maximum Gasteiger partial charge on any atom is 0.322 e. The van der Waals surface area contributed by atoms with E-state index in [1.165, 1.54) is 19.2 Å². The van der Waals surface area contributed by atoms with Crippen LogP contribution in [0.15, 0.2) is 18.2 Å². The number of carbonyl (C=O) groups excluding carboxylic acids is 2. The Labute approximate surface area is 106 Å². The van der Waals surface area contributed by atoms with Crippen molar-refractivity contribution in [2.75, 3.05) is 13.7 Å². The average Bonchev–Trinajstić information content (AvgIpc) is 2.35. The van der Waals surface area contributed by atoms with Gasteiger partial charge < -0.3 is 9.47 Å². The van der Waals surface area contributed by atoms with Gasteiger partial charge >= 0.3 is 5.97 Å². The van der Waals surface area contributed by atoms with E-state index in [2.05, 4.69) is 20.7 Å². The summed E-state index contributed by atoms with van der Waals surface area (Å²) < 4.78 is 22.9. The fraction of sp³-hybridized carbons (Fsp3) is 0.273. The fourth-order valence-corrected chi connectivity index (χ4v) is 1.39. The van der Waals surface area contributed by atoms with Crippen LogP contribution in [-0.2, 0) is 9.53 Å². The third kappa shape index (κ3) is 3.81. The third-order valence-corrected chi connectivity index (χ3v) is 2.57. The number of ether oxygens (including phenoxy) is 2. The smallest absolute Gasteiger partial charge is 0.322 e. The summed E-state index contributed by atoms with van der Waals surface area (Å²) in [5, 5.41) is 0. The molecule has 1 aromatic rings. The van der Waals surface area contributed by atoms with Gasteiger partial charge in [0.25, 0.3) is 0 Å². The van der Waals surface area contributed by atoms with Gasteiger partial charge in [-0.2, -0.15) is 0 Å². The molecule has 0 N–H and O–H groups in total. The molecule has 0 fully saturated rings. The number of benzene rings is 1. The summed E-state index contributed by atoms with van der Waals surface area (Å²) in [6.07, 6.45) is 0.536. The summed E-state index contributed by atoms with van der Waals surface area (Å²) in [6.45, 7) is -0.0654. The first-order valence-electron chi connectivity index (χ1n) is 4.68. The highest BCUT2D eigenvalue weighted by Gasteiger charge is 2.16. The predicted molar refractivity (Wildman–Crippen MR) is 62.0 cm³/mol. The minimum absolute atomic E-state index is 0.0241. The average molecular weight is 305 g/mol. The molecule has 0 radical (unpaired) electrons. The van der Waals surface area contributed by atoms with Crippen LogP contribution in [0.2, 0.25) is 0 Å². The minimum atomic E-state index is -0.669. The van der Waals surface area contributed by atoms with Crippen LogP contribution in [0.25, 0.3) is 0 Å². The highest BCUT2D eigenvalue weighted by atomic mass is 79.9. The van der Waals surface area contributed by atoms with Crippen molar-refractivity contribution in [2.24, 2.45) is 0 Å². The van der Waals surface area contributed by atoms with Gasteiger partial charge in [0.15, 0.2) is 11.6 Å². The quantitative estimate of drug-likeness (QED) is 0.474. The van der Waals surface area contributed by atoms with E-state index in [0.29, 0.717) is 6.29 Å². The van der Waals surface area contributed by atoms with Crippen molar-refractivity contribution < 1.29 is 23.5 Å². The Morgan fingerprint density at radius 1 is 1.59 bits per heavy atom. The van der Waals surface area contributed by atoms with Crippen LogP contribution in [0.1, 0.15) is 10.4 Å². The lowest BCUT2D eigenvalue weighted by molar-refractivity contribution is -0.140. The van der Waals surface area contributed by atoms with E-state index < -0.39 is 16.6 Å². The monoisotopic (exact) mass is 304 g/mol. The summed E-state index contributed by atoms with van der Waals surface area (Å²) in [5.74, 6) is -1.18. The van der Waals surface area contributed by atoms with Crippen LogP contribution in [-0.4, -0.2) is 30.8 Å². The second-order valence-electron chi connectivity index (χ2n) is 3.11. The van der Waals surface area contributed by atoms with Gasteiger partial charge in [-0.1, -0.05) is 15.9 Å². The SMILES string of the molecule is COC(=O)C(Br)COc1ccc(C=O)cc1F. The Morgan fingerprint density at radius 2 is 2.29 bits per heavy atom. The first-order chi connectivity index (χ1) is 8.08. The molecule has 0 aliphatic heterocycles. The van der Waals surface area contributed by atoms with Gasteiger partial charge in [0.05, 0.1) is 7.11 Å². The maximum absolute atomic E-state index is 13.4. The Kier molecular flexibility index (Phi) is 5.09. The van der Waals surface area contributed by atoms with E-state index in [-0.39, 0.29) is 17.9 Å². The van der Waals surface area contributed by atoms with Gasteiger partial charge in [-0.15, -0.1) is 0 Å². The minimum Gasteiger partial charge on any atom is -0.489 e. The Balaban J connectivity index is 2.63. The first-order valence-corrected chi connectivity index (χ1v) is 5.59. The molecule has 0 aliphatic carbocycles. The van der Waals surface area contributed by atoms with Gasteiger partial charge in [0.2, 0.25) is 0 Å². The van der Waals surface area contributed by atoms with Gasteiger partial charge in [0, 0.05) is 5.56 Å². The van der Waals surface area contributed by atoms with E-state index >= 15 is 0 Å². The zero-order valence-corrected chi connectivity index (χ0v) is 10.6. The van der Waals surface area contributed by atoms with E-state index in [1.54, 1.807) is 0 Å². The zero-order chi connectivity index (χ0) is 12.8. The number of hydrogen-bond donors (Lipinski definition) is 0. The van der Waals surface area contributed by atoms with Gasteiger partial charge in [-0.05, 0) is 18.2 Å². The molecule has 0 heterocycles. The maximum atomic E-state index is 13.4. The number of rotatable bonds is 5. The van der Waals surface area contributed by atoms with Gasteiger partial charge in [0.1, 0.15) is 17.7 Å². The zero-order valence-electron chi connectivity index (χ0n) is 8.98. The second-order valence-corrected chi connectivity index (χ2v) is 4.21. The summed E-state index contributed by atoms with van der Waals surface area (Å²) >= 11 is 3.04. The molecule has 0 spiro atoms. The fourth-order valence-electron chi connectivity index (χ4n) is 1.07. The van der Waals surface area contributed by atoms with Crippen molar-refractivity contribution >= 4 is 28.2 Å². The topological polar surface area (TPSA) is 52.6 Å². The molecule has 0 saturated carbocycles. The van der Waals surface area contributed by atoms with E-state index in [9.17, 15) is 14.0 Å². The van der Waals surface area contributed by atoms with Crippen molar-refractivity contribution in [3.8, 4) is 5.75 Å². The molecule has 4 nitrogen and oxygen atoms in total. The third-order valence-electron chi connectivity index (χ3n) is 1.93. The first kappa shape index (κ1) is 13.6. The highest BCUT2D eigenvalue weighted by molar-refractivity contribution is 9.10. The van der Waals surface area contributed by atoms with Crippen molar-refractivity contribution in [2.45, 2.75) is 4.83 Å². The molecule has 1 rings (SSSR count). The van der Waals surface area contributed by atoms with Crippen molar-refractivity contribution in [1.82, 2.24) is 0 Å². The normalized spacial score (nSPS) is 11.7. The number of hydrogen-bond acceptors (Lipinski definition) is 4. The molecular weight excluding hydrogens is 295 g/mol. The molecule has 0 bridgehead atoms. The Morgan fingerprint density at radius 3 is 2.82 bits per heavy atom. The largest absolute Gasteiger partial charge is 0.489 e. The van der Waals surface area contributed by atoms with E-state index in [1.807, 2.05) is 0 Å². The Hall–Kier alpha value is -1.43. The van der Waals surface area contributed by atoms with E-state index in [0.717, 1.165) is 6.07 Å². The van der Waals surface area contributed by atoms with Gasteiger partial charge in [-0.3, -0.25) is 9.59 Å². The summed E-state index contributed by atoms with van der Waals surface area (Å²) in [7, 11) is 1.25. The number of aldehydes is 1. The summed E-state index contributed by atoms with van der Waals surface area (Å²) in [4.78, 5) is 20.7. The molecule has 92 valence electrons. The molecule has 0 saturated heterocycles. The number of methoxy groups -OCH3 is 1. The van der Waals surface area contributed by atoms with E-state index in [4.69, 9.17) is 4.74 Å². The van der Waals surface area contributed by atoms with Crippen LogP contribution >= 0.6 is 15.9 Å². The molecule has 1 atom stereocenters. The van der Waals surface area contributed by atoms with Crippen molar-refractivity contribution in [3.63, 3.8) is 0 Å². The van der Waals surface area contributed by atoms with Crippen LogP contribution in [0, 0.1) is 5.82 Å². The number of esters is 1. The van der Waals surface area contributed by atoms with Crippen molar-refractivity contribution in [1.29, 1.82) is 0 Å². The Bertz CT molecular complexity index is 422. The number of alkyl halides is 1. The molecule has 17 heavy (non-hydrogen) atoms. The lowest BCUT2D eigenvalue weighted by Gasteiger charge is -2.10. The predicted octanol–water partition coefficient (Wildman–Crippen LogP) is 1.95. The molecular formula is C11H10BrFO4. The standard InChI is InChI=1S/C11H10BrFO4/c1-16-11(15)8(12)6-17-10-3-2-7(5-14)4-9(10)13/h2-5,8H,6H2,1H3. The molecule has 1 unspecified atom stereocenters. The van der Waals surface area contributed by atoms with Gasteiger partial charge in [-0.25, -0.2) is 4.39 Å². The number of carbonyl (C=O) groups is 2. The summed E-state index contributed by atoms with van der Waals surface area (Å²) in [5.41, 5.74) is 0.221. The lowest BCUT2D eigenvalue weighted by Crippen LogP contribution is -2.23. The molecule has 1 aromatic carbocycles. The van der Waals surface area contributed by atoms with Crippen LogP contribution in [0.3, 0.4) is 0 Å². The second kappa shape index (κ2) is 6.34. The molecule has 6 heteroatoms. The van der Waals surface area contributed by atoms with Crippen molar-refractivity contribution in [3.05, 3.63) is 29.6 Å². The van der Waals surface area contributed by atoms with Crippen LogP contribution in [0.5, 0.6) is 5.75 Å².